The average Bonchev–Trinajstić information content (AvgIpc) is 2.54. The van der Waals surface area contributed by atoms with Crippen LogP contribution in [0, 0.1) is 0 Å². The highest BCUT2D eigenvalue weighted by Gasteiger charge is 2.35. The molecule has 0 aromatic carbocycles. The molecule has 14 heavy (non-hydrogen) atoms. The van der Waals surface area contributed by atoms with Gasteiger partial charge in [0.15, 0.2) is 0 Å². The van der Waals surface area contributed by atoms with Crippen molar-refractivity contribution >= 4 is 5.97 Å². The number of rotatable bonds is 3. The number of ether oxygens (including phenoxy) is 1. The van der Waals surface area contributed by atoms with Crippen molar-refractivity contribution in [2.45, 2.75) is 72.8 Å². The molecule has 0 amide bonds. The van der Waals surface area contributed by atoms with Crippen LogP contribution in [0.25, 0.3) is 0 Å². The van der Waals surface area contributed by atoms with Gasteiger partial charge in [-0.25, -0.2) is 0 Å². The van der Waals surface area contributed by atoms with Crippen LogP contribution in [0.4, 0.5) is 0 Å². The van der Waals surface area contributed by atoms with Gasteiger partial charge in [0.2, 0.25) is 0 Å². The molecular formula is C12H26O2. The van der Waals surface area contributed by atoms with Gasteiger partial charge in [0.1, 0.15) is 5.60 Å². The standard InChI is InChI=1S/C10H18O2.2CH4/c1-3-9(11)12-10(4-2)7-5-6-8-10;;/h3-8H2,1-2H3;2*1H4. The van der Waals surface area contributed by atoms with Crippen LogP contribution in [0.3, 0.4) is 0 Å². The first-order valence-corrected chi connectivity index (χ1v) is 4.94. The van der Waals surface area contributed by atoms with Crippen LogP contribution < -0.4 is 0 Å². The Balaban J connectivity index is 0. The molecule has 1 aliphatic carbocycles. The normalized spacial score (nSPS) is 17.9. The van der Waals surface area contributed by atoms with Crippen molar-refractivity contribution in [3.63, 3.8) is 0 Å². The third-order valence-corrected chi connectivity index (χ3v) is 2.78. The SMILES string of the molecule is C.C.CCC(=O)OC1(CC)CCCC1. The van der Waals surface area contributed by atoms with Crippen LogP contribution in [0.2, 0.25) is 0 Å². The summed E-state index contributed by atoms with van der Waals surface area (Å²) in [4.78, 5) is 11.1. The van der Waals surface area contributed by atoms with Gasteiger partial charge in [0.25, 0.3) is 0 Å². The van der Waals surface area contributed by atoms with Crippen molar-refractivity contribution in [3.05, 3.63) is 0 Å². The fraction of sp³-hybridized carbons (Fsp3) is 0.917. The first-order chi connectivity index (χ1) is 5.72. The molecule has 0 atom stereocenters. The number of hydrogen-bond donors (Lipinski definition) is 0. The van der Waals surface area contributed by atoms with Gasteiger partial charge in [-0.3, -0.25) is 4.79 Å². The summed E-state index contributed by atoms with van der Waals surface area (Å²) in [5, 5.41) is 0. The van der Waals surface area contributed by atoms with Crippen LogP contribution in [0.5, 0.6) is 0 Å². The van der Waals surface area contributed by atoms with Gasteiger partial charge < -0.3 is 4.74 Å². The second kappa shape index (κ2) is 6.86. The molecular weight excluding hydrogens is 176 g/mol. The second-order valence-corrected chi connectivity index (χ2v) is 3.57. The average molecular weight is 202 g/mol. The van der Waals surface area contributed by atoms with E-state index in [0.717, 1.165) is 19.3 Å². The Hall–Kier alpha value is -0.530. The lowest BCUT2D eigenvalue weighted by Crippen LogP contribution is -2.30. The first kappa shape index (κ1) is 15.9. The summed E-state index contributed by atoms with van der Waals surface area (Å²) >= 11 is 0. The van der Waals surface area contributed by atoms with Gasteiger partial charge >= 0.3 is 5.97 Å². The molecule has 1 aliphatic rings. The topological polar surface area (TPSA) is 26.3 Å². The molecule has 0 bridgehead atoms. The Morgan fingerprint density at radius 2 is 1.71 bits per heavy atom. The van der Waals surface area contributed by atoms with Crippen molar-refractivity contribution < 1.29 is 9.53 Å². The lowest BCUT2D eigenvalue weighted by molar-refractivity contribution is -0.159. The minimum absolute atomic E-state index is 0. The van der Waals surface area contributed by atoms with Crippen molar-refractivity contribution in [3.8, 4) is 0 Å². The molecule has 2 nitrogen and oxygen atoms in total. The summed E-state index contributed by atoms with van der Waals surface area (Å²) in [6.45, 7) is 3.95. The van der Waals surface area contributed by atoms with E-state index in [1.165, 1.54) is 12.8 Å². The minimum Gasteiger partial charge on any atom is -0.459 e. The zero-order chi connectivity index (χ0) is 9.03. The summed E-state index contributed by atoms with van der Waals surface area (Å²) in [5.41, 5.74) is -0.0902. The predicted molar refractivity (Wildman–Crippen MR) is 61.3 cm³/mol. The summed E-state index contributed by atoms with van der Waals surface area (Å²) in [5.74, 6) is -0.0428. The van der Waals surface area contributed by atoms with E-state index >= 15 is 0 Å². The molecule has 1 fully saturated rings. The number of hydrogen-bond acceptors (Lipinski definition) is 2. The second-order valence-electron chi connectivity index (χ2n) is 3.57. The molecule has 0 N–H and O–H groups in total. The number of carbonyl (C=O) groups is 1. The van der Waals surface area contributed by atoms with Crippen LogP contribution in [-0.2, 0) is 9.53 Å². The number of carbonyl (C=O) groups excluding carboxylic acids is 1. The molecule has 0 aliphatic heterocycles. The minimum atomic E-state index is -0.0902. The maximum absolute atomic E-state index is 11.1. The quantitative estimate of drug-likeness (QED) is 0.648. The van der Waals surface area contributed by atoms with E-state index in [1.807, 2.05) is 6.92 Å². The third kappa shape index (κ3) is 3.69. The van der Waals surface area contributed by atoms with E-state index in [9.17, 15) is 4.79 Å². The van der Waals surface area contributed by atoms with E-state index in [2.05, 4.69) is 6.92 Å². The van der Waals surface area contributed by atoms with E-state index in [4.69, 9.17) is 4.74 Å². The smallest absolute Gasteiger partial charge is 0.306 e. The van der Waals surface area contributed by atoms with Gasteiger partial charge in [-0.2, -0.15) is 0 Å². The van der Waals surface area contributed by atoms with Crippen LogP contribution in [0.15, 0.2) is 0 Å². The molecule has 0 radical (unpaired) electrons. The highest BCUT2D eigenvalue weighted by atomic mass is 16.6. The maximum atomic E-state index is 11.1. The van der Waals surface area contributed by atoms with Crippen LogP contribution in [0.1, 0.15) is 67.2 Å². The van der Waals surface area contributed by atoms with E-state index < -0.39 is 0 Å². The molecule has 0 aromatic heterocycles. The molecule has 0 saturated heterocycles. The summed E-state index contributed by atoms with van der Waals surface area (Å²) in [6, 6.07) is 0. The Bertz CT molecular complexity index is 158. The van der Waals surface area contributed by atoms with Gasteiger partial charge in [0.05, 0.1) is 0 Å². The summed E-state index contributed by atoms with van der Waals surface area (Å²) in [6.07, 6.45) is 6.03. The molecule has 0 aromatic rings. The van der Waals surface area contributed by atoms with Crippen LogP contribution in [-0.4, -0.2) is 11.6 Å². The molecule has 86 valence electrons. The Morgan fingerprint density at radius 3 is 2.07 bits per heavy atom. The first-order valence-electron chi connectivity index (χ1n) is 4.94. The Morgan fingerprint density at radius 1 is 1.21 bits per heavy atom. The summed E-state index contributed by atoms with van der Waals surface area (Å²) in [7, 11) is 0. The van der Waals surface area contributed by atoms with Crippen molar-refractivity contribution in [1.29, 1.82) is 0 Å². The fourth-order valence-electron chi connectivity index (χ4n) is 1.86. The Kier molecular flexibility index (Phi) is 7.80. The monoisotopic (exact) mass is 202 g/mol. The van der Waals surface area contributed by atoms with Crippen LogP contribution >= 0.6 is 0 Å². The highest BCUT2D eigenvalue weighted by molar-refractivity contribution is 5.69. The maximum Gasteiger partial charge on any atom is 0.306 e. The van der Waals surface area contributed by atoms with E-state index in [0.29, 0.717) is 6.42 Å². The predicted octanol–water partition coefficient (Wildman–Crippen LogP) is 3.93. The summed E-state index contributed by atoms with van der Waals surface area (Å²) < 4.78 is 5.46. The molecule has 1 saturated carbocycles. The molecule has 0 unspecified atom stereocenters. The Labute approximate surface area is 89.0 Å². The zero-order valence-corrected chi connectivity index (χ0v) is 8.06. The third-order valence-electron chi connectivity index (χ3n) is 2.78. The van der Waals surface area contributed by atoms with Crippen molar-refractivity contribution in [2.24, 2.45) is 0 Å². The molecule has 1 rings (SSSR count). The molecule has 0 heterocycles. The highest BCUT2D eigenvalue weighted by Crippen LogP contribution is 2.36. The van der Waals surface area contributed by atoms with Crippen molar-refractivity contribution in [1.82, 2.24) is 0 Å². The lowest BCUT2D eigenvalue weighted by atomic mass is 9.99. The fourth-order valence-corrected chi connectivity index (χ4v) is 1.86. The van der Waals surface area contributed by atoms with E-state index in [1.54, 1.807) is 0 Å². The number of esters is 1. The van der Waals surface area contributed by atoms with E-state index in [-0.39, 0.29) is 26.4 Å². The zero-order valence-electron chi connectivity index (χ0n) is 8.06. The van der Waals surface area contributed by atoms with Gasteiger partial charge in [-0.1, -0.05) is 28.7 Å². The van der Waals surface area contributed by atoms with Gasteiger partial charge in [-0.15, -0.1) is 0 Å². The lowest BCUT2D eigenvalue weighted by Gasteiger charge is -2.27. The van der Waals surface area contributed by atoms with Gasteiger partial charge in [0, 0.05) is 6.42 Å². The van der Waals surface area contributed by atoms with Gasteiger partial charge in [-0.05, 0) is 32.1 Å². The van der Waals surface area contributed by atoms with Crippen molar-refractivity contribution in [2.75, 3.05) is 0 Å². The molecule has 0 spiro atoms. The molecule has 2 heteroatoms. The largest absolute Gasteiger partial charge is 0.459 e.